The molecule has 0 aromatic carbocycles. The zero-order valence-corrected chi connectivity index (χ0v) is 31.8. The molecule has 0 aliphatic rings. The number of hydrogen-bond acceptors (Lipinski definition) is 12. The first-order valence-corrected chi connectivity index (χ1v) is 16.5. The average Bonchev–Trinajstić information content (AvgIpc) is 3.02. The number of nitrogens with one attached hydrogen (secondary N) is 2. The first-order valence-electron chi connectivity index (χ1n) is 16.5. The van der Waals surface area contributed by atoms with E-state index in [0.717, 1.165) is 25.7 Å². The smallest absolute Gasteiger partial charge is 0.548 e. The van der Waals surface area contributed by atoms with Crippen LogP contribution >= 0.6 is 0 Å². The largest absolute Gasteiger partial charge is 2.00 e. The van der Waals surface area contributed by atoms with Crippen molar-refractivity contribution in [1.82, 2.24) is 20.4 Å². The monoisotopic (exact) mass is 694 g/mol. The molecule has 0 spiro atoms. The molecule has 0 heterocycles. The molecule has 0 aromatic heterocycles. The van der Waals surface area contributed by atoms with E-state index in [2.05, 4.69) is 10.6 Å². The molecule has 6 atom stereocenters. The summed E-state index contributed by atoms with van der Waals surface area (Å²) >= 11 is 0. The van der Waals surface area contributed by atoms with Gasteiger partial charge in [-0.05, 0) is 39.5 Å². The molecular weight excluding hydrogens is 632 g/mol. The van der Waals surface area contributed by atoms with Crippen molar-refractivity contribution in [2.45, 2.75) is 104 Å². The Morgan fingerprint density at radius 1 is 0.596 bits per heavy atom. The SMILES string of the molecule is CC/C=C/C(O)CNCCN(CC(O)/C=C/CC)C(C)C(=O)[O-].CC/C=C/C(O)CNCCN(CC(O)/C=C/CC)C(C)C(=O)[O-].[Ca+2]. The predicted molar refractivity (Wildman–Crippen MR) is 185 cm³/mol. The Bertz CT molecular complexity index is 820. The van der Waals surface area contributed by atoms with Gasteiger partial charge in [0.25, 0.3) is 0 Å². The van der Waals surface area contributed by atoms with Gasteiger partial charge in [0.15, 0.2) is 0 Å². The van der Waals surface area contributed by atoms with Crippen LogP contribution in [-0.4, -0.2) is 169 Å². The molecule has 47 heavy (non-hydrogen) atoms. The normalized spacial score (nSPS) is 15.9. The van der Waals surface area contributed by atoms with Crippen LogP contribution in [0.4, 0.5) is 0 Å². The molecule has 13 heteroatoms. The molecule has 12 nitrogen and oxygen atoms in total. The zero-order chi connectivity index (χ0) is 35.3. The van der Waals surface area contributed by atoms with Crippen LogP contribution in [-0.2, 0) is 9.59 Å². The summed E-state index contributed by atoms with van der Waals surface area (Å²) in [5.74, 6) is -2.33. The van der Waals surface area contributed by atoms with Crippen molar-refractivity contribution in [1.29, 1.82) is 0 Å². The molecule has 268 valence electrons. The number of carboxylic acid groups (broad SMARTS) is 2. The van der Waals surface area contributed by atoms with Gasteiger partial charge in [-0.25, -0.2) is 0 Å². The summed E-state index contributed by atoms with van der Waals surface area (Å²) in [7, 11) is 0. The van der Waals surface area contributed by atoms with E-state index in [1.165, 1.54) is 0 Å². The maximum atomic E-state index is 11.1. The summed E-state index contributed by atoms with van der Waals surface area (Å²) in [6.07, 6.45) is 15.1. The van der Waals surface area contributed by atoms with E-state index in [0.29, 0.717) is 39.3 Å². The summed E-state index contributed by atoms with van der Waals surface area (Å²) in [4.78, 5) is 25.5. The molecule has 0 amide bonds. The number of aliphatic hydroxyl groups is 4. The van der Waals surface area contributed by atoms with E-state index in [1.54, 1.807) is 48.0 Å². The first kappa shape index (κ1) is 50.2. The van der Waals surface area contributed by atoms with Gasteiger partial charge in [-0.1, -0.05) is 76.3 Å². The van der Waals surface area contributed by atoms with Gasteiger partial charge in [0.1, 0.15) is 0 Å². The number of carbonyl (C=O) groups excluding carboxylic acids is 2. The van der Waals surface area contributed by atoms with Crippen molar-refractivity contribution in [3.63, 3.8) is 0 Å². The Kier molecular flexibility index (Phi) is 35.6. The van der Waals surface area contributed by atoms with Crippen LogP contribution in [0.25, 0.3) is 0 Å². The topological polar surface area (TPSA) is 192 Å². The Balaban J connectivity index is -0.000000807. The van der Waals surface area contributed by atoms with Crippen LogP contribution in [0.1, 0.15) is 67.2 Å². The molecule has 6 unspecified atom stereocenters. The van der Waals surface area contributed by atoms with E-state index >= 15 is 0 Å². The number of hydrogen-bond donors (Lipinski definition) is 6. The zero-order valence-electron chi connectivity index (χ0n) is 29.6. The minimum Gasteiger partial charge on any atom is -0.548 e. The van der Waals surface area contributed by atoms with Crippen molar-refractivity contribution < 1.29 is 40.2 Å². The maximum Gasteiger partial charge on any atom is 2.00 e. The van der Waals surface area contributed by atoms with Gasteiger partial charge >= 0.3 is 37.7 Å². The molecule has 0 rings (SSSR count). The van der Waals surface area contributed by atoms with Gasteiger partial charge in [0.2, 0.25) is 0 Å². The molecule has 0 aromatic rings. The molecule has 6 N–H and O–H groups in total. The van der Waals surface area contributed by atoms with Crippen molar-refractivity contribution in [3.8, 4) is 0 Å². The van der Waals surface area contributed by atoms with Gasteiger partial charge in [-0.2, -0.15) is 0 Å². The second-order valence-corrected chi connectivity index (χ2v) is 11.0. The van der Waals surface area contributed by atoms with E-state index in [-0.39, 0.29) is 50.8 Å². The second kappa shape index (κ2) is 33.3. The van der Waals surface area contributed by atoms with E-state index in [9.17, 15) is 40.2 Å². The van der Waals surface area contributed by atoms with Crippen LogP contribution in [0.3, 0.4) is 0 Å². The van der Waals surface area contributed by atoms with Crippen LogP contribution in [0.15, 0.2) is 48.6 Å². The fourth-order valence-electron chi connectivity index (χ4n) is 4.04. The number of aliphatic hydroxyl groups excluding tert-OH is 4. The van der Waals surface area contributed by atoms with E-state index in [1.807, 2.05) is 52.0 Å². The third kappa shape index (κ3) is 29.5. The van der Waals surface area contributed by atoms with Crippen LogP contribution in [0, 0.1) is 0 Å². The summed E-state index contributed by atoms with van der Waals surface area (Å²) in [5.41, 5.74) is 0. The van der Waals surface area contributed by atoms with Crippen molar-refractivity contribution in [2.24, 2.45) is 0 Å². The summed E-state index contributed by atoms with van der Waals surface area (Å²) in [5, 5.41) is 67.5. The van der Waals surface area contributed by atoms with Crippen LogP contribution in [0.5, 0.6) is 0 Å². The molecule has 0 radical (unpaired) electrons. The third-order valence-electron chi connectivity index (χ3n) is 6.86. The van der Waals surface area contributed by atoms with Crippen molar-refractivity contribution in [2.75, 3.05) is 52.4 Å². The van der Waals surface area contributed by atoms with Gasteiger partial charge in [0, 0.05) is 64.4 Å². The molecular formula is C34H62CaN4O8. The van der Waals surface area contributed by atoms with E-state index in [4.69, 9.17) is 0 Å². The predicted octanol–water partition coefficient (Wildman–Crippen LogP) is -1.04. The molecule has 0 aliphatic carbocycles. The van der Waals surface area contributed by atoms with E-state index < -0.39 is 48.4 Å². The standard InChI is InChI=1S/2C17H32N2O4.Ca/c2*1-4-6-8-15(20)12-18-10-11-19(14(3)17(22)23)13-16(21)9-7-5-2;/h2*6-9,14-16,18,20-21H,4-5,10-13H2,1-3H3,(H,22,23);/q;;+2/p-2/b2*8-6+,9-7+;. The van der Waals surface area contributed by atoms with Crippen LogP contribution < -0.4 is 20.8 Å². The molecule has 0 saturated heterocycles. The number of carbonyl (C=O) groups is 2. The fourth-order valence-corrected chi connectivity index (χ4v) is 4.04. The summed E-state index contributed by atoms with van der Waals surface area (Å²) < 4.78 is 0. The Hall–Kier alpha value is -1.16. The van der Waals surface area contributed by atoms with Gasteiger partial charge < -0.3 is 50.9 Å². The van der Waals surface area contributed by atoms with Gasteiger partial charge in [0.05, 0.1) is 36.4 Å². The summed E-state index contributed by atoms with van der Waals surface area (Å²) in [6, 6.07) is -1.57. The Labute approximate surface area is 313 Å². The van der Waals surface area contributed by atoms with Crippen molar-refractivity contribution >= 4 is 49.7 Å². The Morgan fingerprint density at radius 3 is 1.13 bits per heavy atom. The van der Waals surface area contributed by atoms with Crippen LogP contribution in [0.2, 0.25) is 0 Å². The van der Waals surface area contributed by atoms with Gasteiger partial charge in [-0.3, -0.25) is 9.80 Å². The number of allylic oxidation sites excluding steroid dienone is 4. The maximum absolute atomic E-state index is 11.1. The molecule has 0 bridgehead atoms. The van der Waals surface area contributed by atoms with Gasteiger partial charge in [-0.15, -0.1) is 0 Å². The van der Waals surface area contributed by atoms with Crippen molar-refractivity contribution in [3.05, 3.63) is 48.6 Å². The molecule has 0 saturated carbocycles. The minimum absolute atomic E-state index is 0. The first-order chi connectivity index (χ1) is 21.8. The Morgan fingerprint density at radius 2 is 0.872 bits per heavy atom. The third-order valence-corrected chi connectivity index (χ3v) is 6.86. The number of aliphatic carboxylic acids is 2. The average molecular weight is 695 g/mol. The fraction of sp³-hybridized carbons (Fsp3) is 0.706. The minimum atomic E-state index is -1.16. The molecule has 0 aliphatic heterocycles. The summed E-state index contributed by atoms with van der Waals surface area (Å²) in [6.45, 7) is 14.2. The number of rotatable bonds is 26. The number of carboxylic acids is 2. The number of nitrogens with zero attached hydrogens (tertiary/aromatic N) is 2. The molecule has 0 fully saturated rings. The second-order valence-electron chi connectivity index (χ2n) is 11.0. The quantitative estimate of drug-likeness (QED) is 0.0367.